The average molecular weight is 301 g/mol. The largest absolute Gasteiger partial charge is 0.483 e. The van der Waals surface area contributed by atoms with Gasteiger partial charge in [-0.15, -0.1) is 0 Å². The molecule has 100 valence electrons. The third-order valence-electron chi connectivity index (χ3n) is 2.51. The Bertz CT molecular complexity index is 625. The van der Waals surface area contributed by atoms with Gasteiger partial charge in [-0.05, 0) is 12.1 Å². The molecule has 1 aromatic carbocycles. The van der Waals surface area contributed by atoms with Crippen LogP contribution in [0.2, 0.25) is 10.0 Å². The van der Waals surface area contributed by atoms with Crippen molar-refractivity contribution in [3.8, 4) is 5.75 Å². The zero-order valence-electron chi connectivity index (χ0n) is 9.93. The highest BCUT2D eigenvalue weighted by atomic mass is 35.5. The van der Waals surface area contributed by atoms with Crippen molar-refractivity contribution in [3.63, 3.8) is 0 Å². The first-order valence-corrected chi connectivity index (χ1v) is 6.06. The average Bonchev–Trinajstić information content (AvgIpc) is 2.73. The van der Waals surface area contributed by atoms with Crippen molar-refractivity contribution < 1.29 is 14.6 Å². The lowest BCUT2D eigenvalue weighted by Crippen LogP contribution is -2.07. The number of aromatic carboxylic acids is 1. The molecule has 0 saturated heterocycles. The van der Waals surface area contributed by atoms with Crippen LogP contribution < -0.4 is 4.74 Å². The third kappa shape index (κ3) is 3.00. The van der Waals surface area contributed by atoms with E-state index in [1.807, 2.05) is 7.05 Å². The number of aromatic nitrogens is 2. The van der Waals surface area contributed by atoms with Crippen LogP contribution in [0.3, 0.4) is 0 Å². The van der Waals surface area contributed by atoms with Crippen LogP contribution in [0.5, 0.6) is 5.75 Å². The van der Waals surface area contributed by atoms with Crippen LogP contribution in [-0.2, 0) is 13.7 Å². The van der Waals surface area contributed by atoms with Gasteiger partial charge in [-0.25, -0.2) is 9.78 Å². The number of rotatable bonds is 4. The van der Waals surface area contributed by atoms with E-state index in [9.17, 15) is 4.79 Å². The number of hydrogen-bond donors (Lipinski definition) is 1. The molecule has 7 heteroatoms. The minimum absolute atomic E-state index is 0.0771. The quantitative estimate of drug-likeness (QED) is 0.943. The van der Waals surface area contributed by atoms with E-state index < -0.39 is 5.97 Å². The van der Waals surface area contributed by atoms with Gasteiger partial charge in [-0.2, -0.15) is 0 Å². The zero-order valence-corrected chi connectivity index (χ0v) is 11.4. The fraction of sp³-hybridized carbons (Fsp3) is 0.167. The lowest BCUT2D eigenvalue weighted by Gasteiger charge is -2.11. The summed E-state index contributed by atoms with van der Waals surface area (Å²) in [4.78, 5) is 15.2. The second kappa shape index (κ2) is 5.50. The van der Waals surface area contributed by atoms with Gasteiger partial charge in [0, 0.05) is 24.5 Å². The van der Waals surface area contributed by atoms with Crippen LogP contribution in [0.15, 0.2) is 24.5 Å². The molecule has 2 aromatic rings. The standard InChI is InChI=1S/C12H10Cl2N2O3/c1-16-3-2-15-10(16)6-19-11-8(12(17)18)4-7(13)5-9(11)14/h2-5H,6H2,1H3,(H,17,18). The number of ether oxygens (including phenoxy) is 1. The van der Waals surface area contributed by atoms with Gasteiger partial charge in [0.05, 0.1) is 5.02 Å². The molecule has 0 unspecified atom stereocenters. The minimum Gasteiger partial charge on any atom is -0.483 e. The van der Waals surface area contributed by atoms with Crippen LogP contribution in [0.4, 0.5) is 0 Å². The maximum atomic E-state index is 11.1. The van der Waals surface area contributed by atoms with E-state index in [4.69, 9.17) is 33.0 Å². The molecule has 0 amide bonds. The molecule has 0 aliphatic carbocycles. The molecule has 5 nitrogen and oxygen atoms in total. The maximum Gasteiger partial charge on any atom is 0.339 e. The molecule has 1 N–H and O–H groups in total. The van der Waals surface area contributed by atoms with Crippen LogP contribution in [0.25, 0.3) is 0 Å². The highest BCUT2D eigenvalue weighted by Crippen LogP contribution is 2.32. The lowest BCUT2D eigenvalue weighted by molar-refractivity contribution is 0.0691. The number of aryl methyl sites for hydroxylation is 1. The summed E-state index contributed by atoms with van der Waals surface area (Å²) < 4.78 is 7.22. The van der Waals surface area contributed by atoms with Crippen molar-refractivity contribution in [2.24, 2.45) is 7.05 Å². The molecule has 0 spiro atoms. The second-order valence-electron chi connectivity index (χ2n) is 3.81. The topological polar surface area (TPSA) is 64.4 Å². The molecule has 1 heterocycles. The van der Waals surface area contributed by atoms with E-state index >= 15 is 0 Å². The minimum atomic E-state index is -1.15. The van der Waals surface area contributed by atoms with E-state index in [1.54, 1.807) is 17.0 Å². The summed E-state index contributed by atoms with van der Waals surface area (Å²) in [6.07, 6.45) is 3.39. The van der Waals surface area contributed by atoms with Crippen molar-refractivity contribution in [1.29, 1.82) is 0 Å². The molecule has 2 rings (SSSR count). The van der Waals surface area contributed by atoms with Gasteiger partial charge >= 0.3 is 5.97 Å². The highest BCUT2D eigenvalue weighted by molar-refractivity contribution is 6.36. The van der Waals surface area contributed by atoms with Crippen molar-refractivity contribution in [3.05, 3.63) is 46.0 Å². The number of carboxylic acid groups (broad SMARTS) is 1. The first kappa shape index (κ1) is 13.7. The molecule has 0 bridgehead atoms. The molecule has 0 fully saturated rings. The first-order valence-electron chi connectivity index (χ1n) is 5.30. The Morgan fingerprint density at radius 2 is 2.21 bits per heavy atom. The normalized spacial score (nSPS) is 10.5. The highest BCUT2D eigenvalue weighted by Gasteiger charge is 2.17. The Hall–Kier alpha value is -1.72. The van der Waals surface area contributed by atoms with E-state index in [0.717, 1.165) is 0 Å². The molecule has 0 atom stereocenters. The number of imidazole rings is 1. The SMILES string of the molecule is Cn1ccnc1COc1c(Cl)cc(Cl)cc1C(=O)O. The Kier molecular flexibility index (Phi) is 3.97. The number of nitrogens with zero attached hydrogens (tertiary/aromatic N) is 2. The zero-order chi connectivity index (χ0) is 14.0. The summed E-state index contributed by atoms with van der Waals surface area (Å²) >= 11 is 11.7. The Balaban J connectivity index is 2.29. The number of benzene rings is 1. The number of halogens is 2. The molecule has 1 aromatic heterocycles. The number of hydrogen-bond acceptors (Lipinski definition) is 3. The van der Waals surface area contributed by atoms with E-state index in [2.05, 4.69) is 4.98 Å². The van der Waals surface area contributed by atoms with Gasteiger partial charge < -0.3 is 14.4 Å². The molecule has 19 heavy (non-hydrogen) atoms. The van der Waals surface area contributed by atoms with E-state index in [-0.39, 0.29) is 28.0 Å². The van der Waals surface area contributed by atoms with Crippen molar-refractivity contribution in [1.82, 2.24) is 9.55 Å². The third-order valence-corrected chi connectivity index (χ3v) is 3.00. The van der Waals surface area contributed by atoms with Crippen LogP contribution in [0, 0.1) is 0 Å². The Morgan fingerprint density at radius 3 is 2.79 bits per heavy atom. The predicted molar refractivity (Wildman–Crippen MR) is 71.0 cm³/mol. The van der Waals surface area contributed by atoms with Crippen molar-refractivity contribution in [2.45, 2.75) is 6.61 Å². The van der Waals surface area contributed by atoms with Gasteiger partial charge in [0.1, 0.15) is 18.0 Å². The van der Waals surface area contributed by atoms with E-state index in [0.29, 0.717) is 5.82 Å². The second-order valence-corrected chi connectivity index (χ2v) is 4.66. The predicted octanol–water partition coefficient (Wildman–Crippen LogP) is 3.00. The van der Waals surface area contributed by atoms with Gasteiger partial charge in [0.15, 0.2) is 5.75 Å². The van der Waals surface area contributed by atoms with Crippen LogP contribution in [0.1, 0.15) is 16.2 Å². The smallest absolute Gasteiger partial charge is 0.339 e. The van der Waals surface area contributed by atoms with Crippen LogP contribution >= 0.6 is 23.2 Å². The fourth-order valence-corrected chi connectivity index (χ4v) is 2.09. The molecule has 0 aliphatic rings. The first-order chi connectivity index (χ1) is 8.99. The molecule has 0 radical (unpaired) electrons. The van der Waals surface area contributed by atoms with E-state index in [1.165, 1.54) is 12.1 Å². The van der Waals surface area contributed by atoms with Crippen molar-refractivity contribution in [2.75, 3.05) is 0 Å². The van der Waals surface area contributed by atoms with Gasteiger partial charge in [-0.3, -0.25) is 0 Å². The fourth-order valence-electron chi connectivity index (χ4n) is 1.54. The Labute approximate surface area is 119 Å². The summed E-state index contributed by atoms with van der Waals surface area (Å²) in [6, 6.07) is 2.73. The summed E-state index contributed by atoms with van der Waals surface area (Å²) in [7, 11) is 1.81. The molecular formula is C12H10Cl2N2O3. The molecule has 0 aliphatic heterocycles. The number of carbonyl (C=O) groups is 1. The summed E-state index contributed by atoms with van der Waals surface area (Å²) in [5, 5.41) is 9.50. The number of carboxylic acids is 1. The Morgan fingerprint density at radius 1 is 1.47 bits per heavy atom. The van der Waals surface area contributed by atoms with Crippen molar-refractivity contribution >= 4 is 29.2 Å². The molecule has 0 saturated carbocycles. The summed E-state index contributed by atoms with van der Waals surface area (Å²) in [6.45, 7) is 0.116. The van der Waals surface area contributed by atoms with Gasteiger partial charge in [-0.1, -0.05) is 23.2 Å². The van der Waals surface area contributed by atoms with Crippen LogP contribution in [-0.4, -0.2) is 20.6 Å². The van der Waals surface area contributed by atoms with Gasteiger partial charge in [0.2, 0.25) is 0 Å². The lowest BCUT2D eigenvalue weighted by atomic mass is 10.2. The summed E-state index contributed by atoms with van der Waals surface area (Å²) in [5.74, 6) is -0.414. The van der Waals surface area contributed by atoms with Gasteiger partial charge in [0.25, 0.3) is 0 Å². The monoisotopic (exact) mass is 300 g/mol. The molecular weight excluding hydrogens is 291 g/mol. The maximum absolute atomic E-state index is 11.1. The summed E-state index contributed by atoms with van der Waals surface area (Å²) in [5.41, 5.74) is -0.0771.